The molecular formula is C77H126O6. The van der Waals surface area contributed by atoms with Gasteiger partial charge < -0.3 is 14.2 Å². The Balaban J connectivity index is 4.20. The molecule has 1 atom stereocenters. The summed E-state index contributed by atoms with van der Waals surface area (Å²) in [6.07, 6.45) is 101. The molecule has 0 heterocycles. The first-order chi connectivity index (χ1) is 41.0. The van der Waals surface area contributed by atoms with Crippen molar-refractivity contribution in [2.24, 2.45) is 0 Å². The molecule has 0 aliphatic heterocycles. The van der Waals surface area contributed by atoms with Crippen molar-refractivity contribution in [3.63, 3.8) is 0 Å². The van der Waals surface area contributed by atoms with Gasteiger partial charge in [-0.1, -0.05) is 314 Å². The zero-order valence-electron chi connectivity index (χ0n) is 53.9. The van der Waals surface area contributed by atoms with Crippen LogP contribution in [-0.2, 0) is 28.6 Å². The summed E-state index contributed by atoms with van der Waals surface area (Å²) in [5, 5.41) is 0. The zero-order chi connectivity index (χ0) is 59.9. The maximum atomic E-state index is 12.8. The molecule has 0 spiro atoms. The molecule has 0 radical (unpaired) electrons. The van der Waals surface area contributed by atoms with E-state index in [9.17, 15) is 14.4 Å². The summed E-state index contributed by atoms with van der Waals surface area (Å²) in [5.41, 5.74) is 0. The lowest BCUT2D eigenvalue weighted by molar-refractivity contribution is -0.166. The van der Waals surface area contributed by atoms with Crippen LogP contribution >= 0.6 is 0 Å². The number of rotatable bonds is 61. The first kappa shape index (κ1) is 78.3. The number of carbonyl (C=O) groups is 3. The predicted octanol–water partition coefficient (Wildman–Crippen LogP) is 23.9. The molecule has 0 fully saturated rings. The average molecular weight is 1150 g/mol. The van der Waals surface area contributed by atoms with Gasteiger partial charge in [0.15, 0.2) is 6.10 Å². The van der Waals surface area contributed by atoms with Gasteiger partial charge in [0.2, 0.25) is 0 Å². The van der Waals surface area contributed by atoms with E-state index in [2.05, 4.69) is 154 Å². The summed E-state index contributed by atoms with van der Waals surface area (Å²) in [6.45, 7) is 6.22. The minimum absolute atomic E-state index is 0.0897. The van der Waals surface area contributed by atoms with Crippen LogP contribution < -0.4 is 0 Å². The van der Waals surface area contributed by atoms with Gasteiger partial charge in [-0.3, -0.25) is 14.4 Å². The van der Waals surface area contributed by atoms with Crippen LogP contribution in [-0.4, -0.2) is 37.2 Å². The van der Waals surface area contributed by atoms with Gasteiger partial charge in [-0.25, -0.2) is 0 Å². The van der Waals surface area contributed by atoms with Crippen LogP contribution in [0.5, 0.6) is 0 Å². The molecule has 0 aliphatic carbocycles. The quantitative estimate of drug-likeness (QED) is 0.0261. The Hall–Kier alpha value is -4.71. The second kappa shape index (κ2) is 69.8. The Morgan fingerprint density at radius 2 is 0.470 bits per heavy atom. The summed E-state index contributed by atoms with van der Waals surface area (Å²) in [4.78, 5) is 38.2. The van der Waals surface area contributed by atoms with Crippen LogP contribution in [0.1, 0.15) is 303 Å². The smallest absolute Gasteiger partial charge is 0.310 e. The predicted molar refractivity (Wildman–Crippen MR) is 362 cm³/mol. The van der Waals surface area contributed by atoms with Gasteiger partial charge in [0.05, 0.1) is 6.42 Å². The van der Waals surface area contributed by atoms with E-state index in [1.807, 2.05) is 6.08 Å². The molecule has 0 aromatic rings. The maximum absolute atomic E-state index is 12.8. The summed E-state index contributed by atoms with van der Waals surface area (Å²) in [5.74, 6) is -1.07. The molecule has 83 heavy (non-hydrogen) atoms. The van der Waals surface area contributed by atoms with Gasteiger partial charge in [-0.2, -0.15) is 0 Å². The lowest BCUT2D eigenvalue weighted by atomic mass is 10.0. The van der Waals surface area contributed by atoms with E-state index >= 15 is 0 Å². The van der Waals surface area contributed by atoms with Gasteiger partial charge in [-0.05, 0) is 116 Å². The van der Waals surface area contributed by atoms with Crippen LogP contribution in [0.25, 0.3) is 0 Å². The van der Waals surface area contributed by atoms with Crippen LogP contribution in [0.3, 0.4) is 0 Å². The fraction of sp³-hybridized carbons (Fsp3) is 0.649. The normalized spacial score (nSPS) is 13.0. The first-order valence-electron chi connectivity index (χ1n) is 34.3. The van der Waals surface area contributed by atoms with E-state index < -0.39 is 12.1 Å². The molecule has 0 rings (SSSR count). The van der Waals surface area contributed by atoms with Crippen molar-refractivity contribution in [1.82, 2.24) is 0 Å². The summed E-state index contributed by atoms with van der Waals surface area (Å²) < 4.78 is 16.8. The number of carbonyl (C=O) groups excluding carboxylic acids is 3. The second-order valence-electron chi connectivity index (χ2n) is 22.3. The molecule has 6 nitrogen and oxygen atoms in total. The zero-order valence-corrected chi connectivity index (χ0v) is 53.9. The molecule has 1 unspecified atom stereocenters. The highest BCUT2D eigenvalue weighted by molar-refractivity contribution is 5.72. The Bertz CT molecular complexity index is 1800. The molecule has 0 N–H and O–H groups in total. The van der Waals surface area contributed by atoms with Crippen molar-refractivity contribution in [2.45, 2.75) is 309 Å². The van der Waals surface area contributed by atoms with Crippen molar-refractivity contribution in [3.05, 3.63) is 146 Å². The van der Waals surface area contributed by atoms with E-state index in [4.69, 9.17) is 14.2 Å². The van der Waals surface area contributed by atoms with Crippen molar-refractivity contribution in [3.8, 4) is 0 Å². The maximum Gasteiger partial charge on any atom is 0.310 e. The fourth-order valence-corrected chi connectivity index (χ4v) is 9.35. The number of esters is 3. The monoisotopic (exact) mass is 1150 g/mol. The summed E-state index contributed by atoms with van der Waals surface area (Å²) >= 11 is 0. The molecular weight excluding hydrogens is 1020 g/mol. The number of hydrogen-bond acceptors (Lipinski definition) is 6. The van der Waals surface area contributed by atoms with Crippen molar-refractivity contribution >= 4 is 17.9 Å². The number of ether oxygens (including phenoxy) is 3. The van der Waals surface area contributed by atoms with E-state index in [0.29, 0.717) is 19.3 Å². The fourth-order valence-electron chi connectivity index (χ4n) is 9.35. The third-order valence-corrected chi connectivity index (χ3v) is 14.4. The van der Waals surface area contributed by atoms with Crippen LogP contribution in [0.15, 0.2) is 146 Å². The first-order valence-corrected chi connectivity index (χ1v) is 34.3. The van der Waals surface area contributed by atoms with E-state index in [-0.39, 0.29) is 31.6 Å². The SMILES string of the molecule is CC/C=C\C/C=C\C/C=C\C/C=C\C/C=C\CC(=O)OC(COC(=O)CCCCCCC/C=C\C/C=C\C/C=C\CC)COC(=O)CCCCCCCCCCCCCCCCCCCCCCCC/C=C\C/C=C\C/C=C\C/C=C\CC. The lowest BCUT2D eigenvalue weighted by Gasteiger charge is -2.18. The van der Waals surface area contributed by atoms with Gasteiger partial charge >= 0.3 is 17.9 Å². The van der Waals surface area contributed by atoms with Crippen LogP contribution in [0.2, 0.25) is 0 Å². The molecule has 0 saturated carbocycles. The van der Waals surface area contributed by atoms with Gasteiger partial charge in [0, 0.05) is 12.8 Å². The number of hydrogen-bond donors (Lipinski definition) is 0. The summed E-state index contributed by atoms with van der Waals surface area (Å²) in [6, 6.07) is 0. The third-order valence-electron chi connectivity index (χ3n) is 14.4. The van der Waals surface area contributed by atoms with Gasteiger partial charge in [0.25, 0.3) is 0 Å². The lowest BCUT2D eigenvalue weighted by Crippen LogP contribution is -2.30. The topological polar surface area (TPSA) is 78.9 Å². The Labute approximate surface area is 512 Å². The molecule has 0 amide bonds. The highest BCUT2D eigenvalue weighted by Crippen LogP contribution is 2.17. The number of unbranched alkanes of at least 4 members (excludes halogenated alkanes) is 27. The van der Waals surface area contributed by atoms with E-state index in [1.54, 1.807) is 6.08 Å². The Kier molecular flexibility index (Phi) is 65.8. The molecule has 470 valence electrons. The standard InChI is InChI=1S/C77H126O6/c1-4-7-10-13-16-19-22-25-28-29-30-31-32-33-34-35-36-37-38-39-40-41-42-43-44-45-46-47-50-52-55-58-61-64-67-70-76(79)82-73-74(83-77(80)71-68-65-62-59-56-53-49-27-24-21-18-15-12-9-6-3)72-81-75(78)69-66-63-60-57-54-51-48-26-23-20-17-14-11-8-5-2/h7-12,16-21,25-28,30-31,48-49,56,59,65,68,74H,4-6,13-15,22-24,29,32-47,50-55,57-58,60-64,66-67,69-73H2,1-3H3/b10-7-,11-8-,12-9-,19-16-,20-17-,21-18-,28-25-,31-30-,48-26-,49-27-,59-56-,68-65-. The molecule has 0 bridgehead atoms. The highest BCUT2D eigenvalue weighted by atomic mass is 16.6. The summed E-state index contributed by atoms with van der Waals surface area (Å²) in [7, 11) is 0. The average Bonchev–Trinajstić information content (AvgIpc) is 3.50. The minimum Gasteiger partial charge on any atom is -0.462 e. The third kappa shape index (κ3) is 68.0. The van der Waals surface area contributed by atoms with Gasteiger partial charge in [-0.15, -0.1) is 0 Å². The van der Waals surface area contributed by atoms with E-state index in [1.165, 1.54) is 128 Å². The van der Waals surface area contributed by atoms with Crippen molar-refractivity contribution in [2.75, 3.05) is 13.2 Å². The van der Waals surface area contributed by atoms with Crippen LogP contribution in [0.4, 0.5) is 0 Å². The van der Waals surface area contributed by atoms with Gasteiger partial charge in [0.1, 0.15) is 13.2 Å². The molecule has 6 heteroatoms. The van der Waals surface area contributed by atoms with Crippen LogP contribution in [0, 0.1) is 0 Å². The molecule has 0 aromatic heterocycles. The largest absolute Gasteiger partial charge is 0.462 e. The van der Waals surface area contributed by atoms with E-state index in [0.717, 1.165) is 128 Å². The van der Waals surface area contributed by atoms with Crippen molar-refractivity contribution in [1.29, 1.82) is 0 Å². The number of allylic oxidation sites excluding steroid dienone is 23. The molecule has 0 aromatic carbocycles. The Morgan fingerprint density at radius 1 is 0.253 bits per heavy atom. The second-order valence-corrected chi connectivity index (χ2v) is 22.3. The molecule has 0 aliphatic rings. The minimum atomic E-state index is -0.844. The Morgan fingerprint density at radius 3 is 0.735 bits per heavy atom. The molecule has 0 saturated heterocycles. The highest BCUT2D eigenvalue weighted by Gasteiger charge is 2.19. The van der Waals surface area contributed by atoms with Crippen molar-refractivity contribution < 1.29 is 28.6 Å².